The fraction of sp³-hybridized carbons (Fsp3) is 0. The monoisotopic (exact) mass is 933 g/mol. The molecule has 346 valence electrons. The molecule has 0 bridgehead atoms. The molecule has 2 nitrogen and oxygen atoms in total. The van der Waals surface area contributed by atoms with Crippen molar-refractivity contribution in [1.82, 2.24) is 0 Å². The van der Waals surface area contributed by atoms with E-state index in [1.54, 1.807) is 0 Å². The van der Waals surface area contributed by atoms with Crippen molar-refractivity contribution in [2.24, 2.45) is 5.73 Å². The van der Waals surface area contributed by atoms with E-state index in [4.69, 9.17) is 5.73 Å². The molecule has 0 aliphatic heterocycles. The summed E-state index contributed by atoms with van der Waals surface area (Å²) < 4.78 is 0. The molecule has 0 spiro atoms. The first-order chi connectivity index (χ1) is 36.1. The van der Waals surface area contributed by atoms with E-state index in [9.17, 15) is 4.79 Å². The van der Waals surface area contributed by atoms with Crippen LogP contribution in [-0.4, -0.2) is 5.91 Å². The highest BCUT2D eigenvalue weighted by Crippen LogP contribution is 2.41. The zero-order valence-electron chi connectivity index (χ0n) is 40.3. The minimum Gasteiger partial charge on any atom is -0.366 e. The topological polar surface area (TPSA) is 43.1 Å². The molecule has 0 saturated carbocycles. The fourth-order valence-corrected chi connectivity index (χ4v) is 10.1. The summed E-state index contributed by atoms with van der Waals surface area (Å²) in [6.45, 7) is 0. The number of rotatable bonds is 13. The van der Waals surface area contributed by atoms with Crippen molar-refractivity contribution in [3.63, 3.8) is 0 Å². The van der Waals surface area contributed by atoms with Crippen LogP contribution in [0.3, 0.4) is 0 Å². The Morgan fingerprint density at radius 2 is 0.452 bits per heavy atom. The Hall–Kier alpha value is -9.63. The highest BCUT2D eigenvalue weighted by atomic mass is 16.1. The lowest BCUT2D eigenvalue weighted by Gasteiger charge is -2.18. The van der Waals surface area contributed by atoms with Gasteiger partial charge in [0.25, 0.3) is 0 Å². The summed E-state index contributed by atoms with van der Waals surface area (Å²) in [5, 5.41) is 0. The second-order valence-electron chi connectivity index (χ2n) is 18.1. The van der Waals surface area contributed by atoms with Crippen LogP contribution in [0.4, 0.5) is 0 Å². The number of benzene rings is 11. The van der Waals surface area contributed by atoms with Gasteiger partial charge in [0, 0.05) is 11.1 Å². The molecule has 0 heterocycles. The van der Waals surface area contributed by atoms with Crippen LogP contribution in [0, 0.1) is 0 Å². The summed E-state index contributed by atoms with van der Waals surface area (Å²) in [5.41, 5.74) is 28.6. The molecule has 0 saturated heterocycles. The number of primary amides is 1. The van der Waals surface area contributed by atoms with Crippen LogP contribution >= 0.6 is 0 Å². The van der Waals surface area contributed by atoms with Gasteiger partial charge in [0.05, 0.1) is 0 Å². The van der Waals surface area contributed by atoms with Gasteiger partial charge in [-0.2, -0.15) is 0 Å². The van der Waals surface area contributed by atoms with Crippen molar-refractivity contribution in [3.05, 3.63) is 347 Å². The number of carbonyl (C=O) groups is 1. The van der Waals surface area contributed by atoms with E-state index < -0.39 is 5.91 Å². The quantitative estimate of drug-likeness (QED) is 0.115. The third-order valence-corrected chi connectivity index (χ3v) is 13.6. The molecule has 0 atom stereocenters. The summed E-state index contributed by atoms with van der Waals surface area (Å²) >= 11 is 0. The first kappa shape index (κ1) is 45.8. The number of nitrogens with two attached hydrogens (primary N) is 1. The zero-order chi connectivity index (χ0) is 49.3. The van der Waals surface area contributed by atoms with E-state index >= 15 is 0 Å². The molecule has 0 aromatic heterocycles. The highest BCUT2D eigenvalue weighted by molar-refractivity contribution is 6.07. The van der Waals surface area contributed by atoms with Crippen molar-refractivity contribution in [2.75, 3.05) is 0 Å². The van der Waals surface area contributed by atoms with Gasteiger partial charge in [-0.3, -0.25) is 4.79 Å². The Morgan fingerprint density at radius 3 is 0.726 bits per heavy atom. The lowest BCUT2D eigenvalue weighted by Crippen LogP contribution is -2.12. The van der Waals surface area contributed by atoms with E-state index in [1.165, 1.54) is 22.3 Å². The van der Waals surface area contributed by atoms with E-state index in [-0.39, 0.29) is 0 Å². The first-order valence-electron chi connectivity index (χ1n) is 24.7. The van der Waals surface area contributed by atoms with Gasteiger partial charge in [0.1, 0.15) is 0 Å². The SMILES string of the molecule is NC(=O)c1cccc(-c2ccc(-c3ccc(C(=C(c4ccccc4)c4ccccc4)c4ccccc4)cc3)cc2)c1-c1ccc(-c2ccc(C(=C(c3ccccc3)c3ccccc3)c3ccccc3)cc2)cc1. The lowest BCUT2D eigenvalue weighted by atomic mass is 9.85. The summed E-state index contributed by atoms with van der Waals surface area (Å²) in [6.07, 6.45) is 0. The summed E-state index contributed by atoms with van der Waals surface area (Å²) in [5.74, 6) is -0.465. The Balaban J connectivity index is 0.905. The third-order valence-electron chi connectivity index (χ3n) is 13.6. The van der Waals surface area contributed by atoms with Gasteiger partial charge >= 0.3 is 0 Å². The molecule has 0 fully saturated rings. The molecule has 1 amide bonds. The van der Waals surface area contributed by atoms with E-state index in [0.717, 1.165) is 89.0 Å². The maximum Gasteiger partial charge on any atom is 0.249 e. The Kier molecular flexibility index (Phi) is 13.3. The number of hydrogen-bond acceptors (Lipinski definition) is 1. The van der Waals surface area contributed by atoms with E-state index in [0.29, 0.717) is 5.56 Å². The molecule has 0 aliphatic rings. The van der Waals surface area contributed by atoms with Gasteiger partial charge in [-0.05, 0) is 112 Å². The number of hydrogen-bond donors (Lipinski definition) is 1. The second kappa shape index (κ2) is 21.2. The average Bonchev–Trinajstić information content (AvgIpc) is 3.47. The third kappa shape index (κ3) is 9.79. The van der Waals surface area contributed by atoms with Crippen LogP contribution in [-0.2, 0) is 0 Å². The Labute approximate surface area is 428 Å². The molecule has 73 heavy (non-hydrogen) atoms. The average molecular weight is 934 g/mol. The van der Waals surface area contributed by atoms with Crippen molar-refractivity contribution < 1.29 is 4.79 Å². The molecular formula is C71H51NO. The van der Waals surface area contributed by atoms with Gasteiger partial charge in [-0.15, -0.1) is 0 Å². The molecule has 0 radical (unpaired) electrons. The first-order valence-corrected chi connectivity index (χ1v) is 24.7. The van der Waals surface area contributed by atoms with E-state index in [1.807, 2.05) is 12.1 Å². The van der Waals surface area contributed by atoms with Crippen molar-refractivity contribution in [2.45, 2.75) is 0 Å². The highest BCUT2D eigenvalue weighted by Gasteiger charge is 2.20. The molecular weight excluding hydrogens is 883 g/mol. The molecule has 11 aromatic carbocycles. The minimum atomic E-state index is -0.465. The van der Waals surface area contributed by atoms with Gasteiger partial charge in [0.15, 0.2) is 0 Å². The van der Waals surface area contributed by atoms with Crippen LogP contribution in [0.1, 0.15) is 54.9 Å². The summed E-state index contributed by atoms with van der Waals surface area (Å²) in [4.78, 5) is 13.1. The molecule has 11 aromatic rings. The van der Waals surface area contributed by atoms with E-state index in [2.05, 4.69) is 285 Å². The number of carbonyl (C=O) groups excluding carboxylic acids is 1. The number of amides is 1. The zero-order valence-corrected chi connectivity index (χ0v) is 40.3. The lowest BCUT2D eigenvalue weighted by molar-refractivity contribution is 0.100. The van der Waals surface area contributed by atoms with Crippen LogP contribution in [0.25, 0.3) is 66.8 Å². The fourth-order valence-electron chi connectivity index (χ4n) is 10.1. The van der Waals surface area contributed by atoms with Crippen molar-refractivity contribution in [1.29, 1.82) is 0 Å². The maximum atomic E-state index is 13.1. The second-order valence-corrected chi connectivity index (χ2v) is 18.1. The molecule has 2 heteroatoms. The maximum absolute atomic E-state index is 13.1. The normalized spacial score (nSPS) is 10.8. The Bertz CT molecular complexity index is 3610. The molecule has 0 aliphatic carbocycles. The smallest absolute Gasteiger partial charge is 0.249 e. The largest absolute Gasteiger partial charge is 0.366 e. The molecule has 11 rings (SSSR count). The van der Waals surface area contributed by atoms with Gasteiger partial charge in [0.2, 0.25) is 5.91 Å². The van der Waals surface area contributed by atoms with Crippen LogP contribution in [0.2, 0.25) is 0 Å². The van der Waals surface area contributed by atoms with Gasteiger partial charge in [-0.1, -0.05) is 291 Å². The predicted octanol–water partition coefficient (Wildman–Crippen LogP) is 17.5. The minimum absolute atomic E-state index is 0.465. The van der Waals surface area contributed by atoms with Crippen LogP contribution in [0.15, 0.2) is 297 Å². The summed E-state index contributed by atoms with van der Waals surface area (Å²) in [7, 11) is 0. The van der Waals surface area contributed by atoms with Gasteiger partial charge in [-0.25, -0.2) is 0 Å². The predicted molar refractivity (Wildman–Crippen MR) is 305 cm³/mol. The van der Waals surface area contributed by atoms with Crippen LogP contribution in [0.5, 0.6) is 0 Å². The van der Waals surface area contributed by atoms with Crippen molar-refractivity contribution >= 4 is 28.2 Å². The van der Waals surface area contributed by atoms with Gasteiger partial charge < -0.3 is 5.73 Å². The Morgan fingerprint density at radius 1 is 0.219 bits per heavy atom. The van der Waals surface area contributed by atoms with Crippen molar-refractivity contribution in [3.8, 4) is 44.5 Å². The molecule has 2 N–H and O–H groups in total. The van der Waals surface area contributed by atoms with Crippen LogP contribution < -0.4 is 5.73 Å². The summed E-state index contributed by atoms with van der Waals surface area (Å²) in [6, 6.07) is 104. The standard InChI is InChI=1S/C71H51NO/c72-71(73)65-33-19-32-64(54-42-34-50(35-43-54)51-36-44-61(45-37-51)68(59-28-15-5-16-29-59)66(55-20-7-1-8-21-55)56-22-9-2-10-23-56)70(65)63-48-40-53(41-49-63)52-38-46-62(47-39-52)69(60-30-17-6-18-31-60)67(57-24-11-3-12-25-57)58-26-13-4-14-27-58/h1-49H,(H2,72,73). The molecule has 0 unspecified atom stereocenters.